The number of carbonyl (C=O) groups is 2. The van der Waals surface area contributed by atoms with Crippen LogP contribution in [0.3, 0.4) is 0 Å². The summed E-state index contributed by atoms with van der Waals surface area (Å²) in [5, 5.41) is 8.55. The van der Waals surface area contributed by atoms with Gasteiger partial charge in [-0.25, -0.2) is 4.79 Å². The van der Waals surface area contributed by atoms with Gasteiger partial charge >= 0.3 is 6.03 Å². The fourth-order valence-electron chi connectivity index (χ4n) is 2.85. The van der Waals surface area contributed by atoms with Crippen LogP contribution < -0.4 is 16.0 Å². The lowest BCUT2D eigenvalue weighted by molar-refractivity contribution is -0.121. The number of rotatable bonds is 7. The Hall–Kier alpha value is -2.66. The number of hydrogen-bond acceptors (Lipinski definition) is 3. The van der Waals surface area contributed by atoms with Crippen molar-refractivity contribution < 1.29 is 9.59 Å². The van der Waals surface area contributed by atoms with E-state index in [2.05, 4.69) is 28.1 Å². The highest BCUT2D eigenvalue weighted by Gasteiger charge is 2.25. The van der Waals surface area contributed by atoms with Crippen LogP contribution in [0.25, 0.3) is 0 Å². The average molecular weight is 351 g/mol. The summed E-state index contributed by atoms with van der Waals surface area (Å²) in [4.78, 5) is 24.1. The third-order valence-electron chi connectivity index (χ3n) is 4.48. The van der Waals surface area contributed by atoms with Gasteiger partial charge < -0.3 is 5.32 Å². The molecule has 0 bridgehead atoms. The van der Waals surface area contributed by atoms with Gasteiger partial charge in [0.15, 0.2) is 0 Å². The zero-order valence-corrected chi connectivity index (χ0v) is 14.9. The minimum atomic E-state index is -0.492. The molecule has 0 spiro atoms. The topological polar surface area (TPSA) is 70.2 Å². The summed E-state index contributed by atoms with van der Waals surface area (Å²) in [5.41, 5.74) is 2.30. The van der Waals surface area contributed by atoms with Crippen LogP contribution in [-0.4, -0.2) is 24.0 Å². The Morgan fingerprint density at radius 1 is 1.00 bits per heavy atom. The SMILES string of the molecule is C[C@H](N[C@H](Cc1ccccc1)c1ccccc1)C(=O)NC(=O)NC1CC1. The molecule has 1 aliphatic rings. The number of hydrogen-bond donors (Lipinski definition) is 3. The molecule has 5 nitrogen and oxygen atoms in total. The molecule has 0 aromatic heterocycles. The molecular formula is C21H25N3O2. The van der Waals surface area contributed by atoms with E-state index in [4.69, 9.17) is 0 Å². The molecule has 1 aliphatic carbocycles. The lowest BCUT2D eigenvalue weighted by Gasteiger charge is -2.23. The highest BCUT2D eigenvalue weighted by molar-refractivity contribution is 5.97. The van der Waals surface area contributed by atoms with Gasteiger partial charge in [-0.2, -0.15) is 0 Å². The summed E-state index contributed by atoms with van der Waals surface area (Å²) in [6.45, 7) is 1.78. The molecular weight excluding hydrogens is 326 g/mol. The molecule has 0 radical (unpaired) electrons. The van der Waals surface area contributed by atoms with Gasteiger partial charge in [-0.1, -0.05) is 60.7 Å². The largest absolute Gasteiger partial charge is 0.335 e. The molecule has 1 saturated carbocycles. The number of carbonyl (C=O) groups excluding carboxylic acids is 2. The second-order valence-electron chi connectivity index (χ2n) is 6.78. The van der Waals surface area contributed by atoms with Crippen LogP contribution in [0.2, 0.25) is 0 Å². The molecule has 0 heterocycles. The molecule has 0 saturated heterocycles. The standard InChI is InChI=1S/C21H25N3O2/c1-15(20(25)24-21(26)23-18-12-13-18)22-19(17-10-6-3-7-11-17)14-16-8-4-2-5-9-16/h2-11,15,18-19,22H,12-14H2,1H3,(H2,23,24,25,26)/t15-,19+/m0/s1. The number of imide groups is 1. The van der Waals surface area contributed by atoms with Crippen LogP contribution in [0.15, 0.2) is 60.7 Å². The quantitative estimate of drug-likeness (QED) is 0.718. The van der Waals surface area contributed by atoms with E-state index in [0.717, 1.165) is 24.8 Å². The number of benzene rings is 2. The Kier molecular flexibility index (Phi) is 6.02. The molecule has 2 atom stereocenters. The number of amides is 3. The lowest BCUT2D eigenvalue weighted by atomic mass is 9.98. The van der Waals surface area contributed by atoms with E-state index in [1.54, 1.807) is 6.92 Å². The van der Waals surface area contributed by atoms with Crippen molar-refractivity contribution in [1.82, 2.24) is 16.0 Å². The van der Waals surface area contributed by atoms with Gasteiger partial charge in [-0.3, -0.25) is 15.4 Å². The van der Waals surface area contributed by atoms with E-state index in [9.17, 15) is 9.59 Å². The van der Waals surface area contributed by atoms with Crippen LogP contribution in [0.4, 0.5) is 4.79 Å². The molecule has 3 amide bonds. The maximum atomic E-state index is 12.3. The fourth-order valence-corrected chi connectivity index (χ4v) is 2.85. The minimum absolute atomic E-state index is 0.0224. The first-order chi connectivity index (χ1) is 12.6. The average Bonchev–Trinajstić information content (AvgIpc) is 3.46. The van der Waals surface area contributed by atoms with E-state index in [-0.39, 0.29) is 18.0 Å². The molecule has 5 heteroatoms. The second-order valence-corrected chi connectivity index (χ2v) is 6.78. The highest BCUT2D eigenvalue weighted by atomic mass is 16.2. The van der Waals surface area contributed by atoms with Crippen LogP contribution in [0.1, 0.15) is 36.9 Å². The summed E-state index contributed by atoms with van der Waals surface area (Å²) >= 11 is 0. The summed E-state index contributed by atoms with van der Waals surface area (Å²) in [5.74, 6) is -0.322. The van der Waals surface area contributed by atoms with Crippen molar-refractivity contribution in [1.29, 1.82) is 0 Å². The van der Waals surface area contributed by atoms with Crippen LogP contribution in [-0.2, 0) is 11.2 Å². The van der Waals surface area contributed by atoms with Crippen molar-refractivity contribution in [2.45, 2.75) is 44.3 Å². The normalized spacial score (nSPS) is 15.7. The Morgan fingerprint density at radius 3 is 2.23 bits per heavy atom. The zero-order chi connectivity index (χ0) is 18.4. The van der Waals surface area contributed by atoms with Gasteiger partial charge in [0.2, 0.25) is 5.91 Å². The Bertz CT molecular complexity index is 729. The first kappa shape index (κ1) is 18.1. The van der Waals surface area contributed by atoms with E-state index < -0.39 is 12.1 Å². The minimum Gasteiger partial charge on any atom is -0.335 e. The van der Waals surface area contributed by atoms with Crippen molar-refractivity contribution in [3.63, 3.8) is 0 Å². The van der Waals surface area contributed by atoms with Gasteiger partial charge in [0.25, 0.3) is 0 Å². The number of urea groups is 1. The van der Waals surface area contributed by atoms with Gasteiger partial charge in [0, 0.05) is 12.1 Å². The van der Waals surface area contributed by atoms with Crippen molar-refractivity contribution in [2.75, 3.05) is 0 Å². The highest BCUT2D eigenvalue weighted by Crippen LogP contribution is 2.19. The Morgan fingerprint density at radius 2 is 1.62 bits per heavy atom. The van der Waals surface area contributed by atoms with Gasteiger partial charge in [-0.05, 0) is 37.3 Å². The Labute approximate surface area is 154 Å². The van der Waals surface area contributed by atoms with Crippen LogP contribution in [0, 0.1) is 0 Å². The third kappa shape index (κ3) is 5.43. The molecule has 2 aromatic rings. The predicted molar refractivity (Wildman–Crippen MR) is 102 cm³/mol. The molecule has 1 fully saturated rings. The molecule has 0 aliphatic heterocycles. The summed E-state index contributed by atoms with van der Waals surface area (Å²) in [6.07, 6.45) is 2.74. The van der Waals surface area contributed by atoms with Crippen molar-refractivity contribution >= 4 is 11.9 Å². The van der Waals surface area contributed by atoms with Crippen molar-refractivity contribution in [3.8, 4) is 0 Å². The van der Waals surface area contributed by atoms with Gasteiger partial charge in [0.1, 0.15) is 0 Å². The summed E-state index contributed by atoms with van der Waals surface area (Å²) < 4.78 is 0. The fraction of sp³-hybridized carbons (Fsp3) is 0.333. The first-order valence-corrected chi connectivity index (χ1v) is 9.08. The van der Waals surface area contributed by atoms with E-state index in [1.165, 1.54) is 5.56 Å². The maximum Gasteiger partial charge on any atom is 0.321 e. The molecule has 26 heavy (non-hydrogen) atoms. The molecule has 2 aromatic carbocycles. The zero-order valence-electron chi connectivity index (χ0n) is 14.9. The summed E-state index contributed by atoms with van der Waals surface area (Å²) in [7, 11) is 0. The van der Waals surface area contributed by atoms with E-state index in [0.29, 0.717) is 0 Å². The molecule has 3 rings (SSSR count). The first-order valence-electron chi connectivity index (χ1n) is 9.08. The summed E-state index contributed by atoms with van der Waals surface area (Å²) in [6, 6.07) is 19.5. The maximum absolute atomic E-state index is 12.3. The smallest absolute Gasteiger partial charge is 0.321 e. The van der Waals surface area contributed by atoms with E-state index >= 15 is 0 Å². The van der Waals surface area contributed by atoms with E-state index in [1.807, 2.05) is 48.5 Å². The Balaban J connectivity index is 1.64. The predicted octanol–water partition coefficient (Wildman–Crippen LogP) is 2.94. The van der Waals surface area contributed by atoms with Crippen LogP contribution >= 0.6 is 0 Å². The second kappa shape index (κ2) is 8.63. The van der Waals surface area contributed by atoms with Gasteiger partial charge in [-0.15, -0.1) is 0 Å². The van der Waals surface area contributed by atoms with Gasteiger partial charge in [0.05, 0.1) is 6.04 Å². The lowest BCUT2D eigenvalue weighted by Crippen LogP contribution is -2.49. The van der Waals surface area contributed by atoms with Crippen molar-refractivity contribution in [2.24, 2.45) is 0 Å². The molecule has 0 unspecified atom stereocenters. The number of nitrogens with one attached hydrogen (secondary N) is 3. The molecule has 3 N–H and O–H groups in total. The third-order valence-corrected chi connectivity index (χ3v) is 4.48. The molecule has 136 valence electrons. The van der Waals surface area contributed by atoms with Crippen molar-refractivity contribution in [3.05, 3.63) is 71.8 Å². The monoisotopic (exact) mass is 351 g/mol. The van der Waals surface area contributed by atoms with Crippen LogP contribution in [0.5, 0.6) is 0 Å².